The van der Waals surface area contributed by atoms with E-state index in [0.29, 0.717) is 6.54 Å². The molecule has 0 aliphatic carbocycles. The minimum absolute atomic E-state index is 0.297. The van der Waals surface area contributed by atoms with Crippen molar-refractivity contribution in [2.24, 2.45) is 0 Å². The van der Waals surface area contributed by atoms with Crippen molar-refractivity contribution in [3.63, 3.8) is 0 Å². The molecule has 2 rings (SSSR count). The molecule has 5 heteroatoms. The molecule has 0 aliphatic heterocycles. The average Bonchev–Trinajstić information content (AvgIpc) is 2.54. The molecule has 0 radical (unpaired) electrons. The number of nitrogens with one attached hydrogen (secondary N) is 2. The zero-order valence-corrected chi connectivity index (χ0v) is 12.2. The average molecular weight is 300 g/mol. The van der Waals surface area contributed by atoms with E-state index in [1.807, 2.05) is 24.3 Å². The van der Waals surface area contributed by atoms with Crippen molar-refractivity contribution in [1.29, 1.82) is 0 Å². The molecule has 0 unspecified atom stereocenters. The molecule has 0 aliphatic rings. The molecule has 22 heavy (non-hydrogen) atoms. The number of rotatable bonds is 5. The van der Waals surface area contributed by atoms with Crippen LogP contribution in [-0.2, 0) is 6.54 Å². The molecule has 0 spiro atoms. The van der Waals surface area contributed by atoms with Gasteiger partial charge in [-0.15, -0.1) is 0 Å². The summed E-state index contributed by atoms with van der Waals surface area (Å²) in [6, 6.07) is 13.1. The Morgan fingerprint density at radius 1 is 1.23 bits per heavy atom. The lowest BCUT2D eigenvalue weighted by molar-refractivity contribution is 0.244. The SMILES string of the molecule is COc1cccc(/C=C/NC(=O)NCc2ccc(F)cc2)c1. The smallest absolute Gasteiger partial charge is 0.319 e. The molecular weight excluding hydrogens is 283 g/mol. The van der Waals surface area contributed by atoms with Crippen LogP contribution in [0.1, 0.15) is 11.1 Å². The predicted octanol–water partition coefficient (Wildman–Crippen LogP) is 3.30. The molecule has 0 heterocycles. The lowest BCUT2D eigenvalue weighted by atomic mass is 10.2. The van der Waals surface area contributed by atoms with E-state index in [4.69, 9.17) is 4.74 Å². The van der Waals surface area contributed by atoms with Crippen LogP contribution < -0.4 is 15.4 Å². The third-order valence-corrected chi connectivity index (χ3v) is 2.95. The molecule has 0 aromatic heterocycles. The standard InChI is InChI=1S/C17H17FN2O2/c1-22-16-4-2-3-13(11-16)9-10-19-17(21)20-12-14-5-7-15(18)8-6-14/h2-11H,12H2,1H3,(H2,19,20,21)/b10-9+. The van der Waals surface area contributed by atoms with Gasteiger partial charge in [0.2, 0.25) is 0 Å². The summed E-state index contributed by atoms with van der Waals surface area (Å²) in [5.74, 6) is 0.456. The Morgan fingerprint density at radius 2 is 2.00 bits per heavy atom. The first-order valence-electron chi connectivity index (χ1n) is 6.77. The number of benzene rings is 2. The Kier molecular flexibility index (Phi) is 5.54. The van der Waals surface area contributed by atoms with Gasteiger partial charge in [0.15, 0.2) is 0 Å². The number of hydrogen-bond acceptors (Lipinski definition) is 2. The van der Waals surface area contributed by atoms with Crippen LogP contribution in [0.25, 0.3) is 6.08 Å². The molecule has 2 amide bonds. The normalized spacial score (nSPS) is 10.5. The quantitative estimate of drug-likeness (QED) is 0.890. The van der Waals surface area contributed by atoms with E-state index in [1.165, 1.54) is 12.1 Å². The van der Waals surface area contributed by atoms with Gasteiger partial charge in [-0.3, -0.25) is 0 Å². The Bertz CT molecular complexity index is 654. The summed E-state index contributed by atoms with van der Waals surface area (Å²) >= 11 is 0. The van der Waals surface area contributed by atoms with Crippen molar-refractivity contribution in [1.82, 2.24) is 10.6 Å². The second-order valence-corrected chi connectivity index (χ2v) is 4.56. The fourth-order valence-electron chi connectivity index (χ4n) is 1.79. The molecule has 0 saturated carbocycles. The van der Waals surface area contributed by atoms with Crippen LogP contribution in [0.2, 0.25) is 0 Å². The van der Waals surface area contributed by atoms with E-state index in [2.05, 4.69) is 10.6 Å². The van der Waals surface area contributed by atoms with Crippen molar-refractivity contribution >= 4 is 12.1 Å². The van der Waals surface area contributed by atoms with Crippen molar-refractivity contribution in [2.75, 3.05) is 7.11 Å². The molecule has 114 valence electrons. The van der Waals surface area contributed by atoms with Gasteiger partial charge in [0.25, 0.3) is 0 Å². The van der Waals surface area contributed by atoms with Gasteiger partial charge in [-0.25, -0.2) is 9.18 Å². The lowest BCUT2D eigenvalue weighted by Crippen LogP contribution is -2.31. The van der Waals surface area contributed by atoms with Crippen LogP contribution in [0.3, 0.4) is 0 Å². The summed E-state index contributed by atoms with van der Waals surface area (Å²) in [4.78, 5) is 11.6. The maximum atomic E-state index is 12.7. The molecule has 0 bridgehead atoms. The first kappa shape index (κ1) is 15.6. The molecule has 0 saturated heterocycles. The fourth-order valence-corrected chi connectivity index (χ4v) is 1.79. The van der Waals surface area contributed by atoms with Gasteiger partial charge in [0.1, 0.15) is 11.6 Å². The van der Waals surface area contributed by atoms with Gasteiger partial charge in [0, 0.05) is 12.7 Å². The van der Waals surface area contributed by atoms with Crippen LogP contribution in [0.5, 0.6) is 5.75 Å². The number of amides is 2. The van der Waals surface area contributed by atoms with Crippen LogP contribution in [-0.4, -0.2) is 13.1 Å². The largest absolute Gasteiger partial charge is 0.497 e. The number of methoxy groups -OCH3 is 1. The minimum Gasteiger partial charge on any atom is -0.497 e. The van der Waals surface area contributed by atoms with Crippen LogP contribution in [0.15, 0.2) is 54.7 Å². The first-order valence-corrected chi connectivity index (χ1v) is 6.77. The summed E-state index contributed by atoms with van der Waals surface area (Å²) < 4.78 is 17.9. The van der Waals surface area contributed by atoms with E-state index in [0.717, 1.165) is 16.9 Å². The van der Waals surface area contributed by atoms with Crippen molar-refractivity contribution in [3.8, 4) is 5.75 Å². The Balaban J connectivity index is 1.79. The second-order valence-electron chi connectivity index (χ2n) is 4.56. The molecular formula is C17H17FN2O2. The van der Waals surface area contributed by atoms with E-state index in [1.54, 1.807) is 31.5 Å². The van der Waals surface area contributed by atoms with Crippen LogP contribution in [0.4, 0.5) is 9.18 Å². The summed E-state index contributed by atoms with van der Waals surface area (Å²) in [7, 11) is 1.60. The lowest BCUT2D eigenvalue weighted by Gasteiger charge is -2.05. The fraction of sp³-hybridized carbons (Fsp3) is 0.118. The topological polar surface area (TPSA) is 50.4 Å². The van der Waals surface area contributed by atoms with E-state index >= 15 is 0 Å². The van der Waals surface area contributed by atoms with Crippen LogP contribution in [0, 0.1) is 5.82 Å². The van der Waals surface area contributed by atoms with Gasteiger partial charge in [-0.2, -0.15) is 0 Å². The summed E-state index contributed by atoms with van der Waals surface area (Å²) in [6.45, 7) is 0.332. The highest BCUT2D eigenvalue weighted by molar-refractivity contribution is 5.75. The van der Waals surface area contributed by atoms with E-state index in [9.17, 15) is 9.18 Å². The predicted molar refractivity (Wildman–Crippen MR) is 83.8 cm³/mol. The molecule has 2 aromatic carbocycles. The maximum absolute atomic E-state index is 12.7. The molecule has 2 N–H and O–H groups in total. The summed E-state index contributed by atoms with van der Waals surface area (Å²) in [5.41, 5.74) is 1.74. The highest BCUT2D eigenvalue weighted by Crippen LogP contribution is 2.13. The Hall–Kier alpha value is -2.82. The van der Waals surface area contributed by atoms with Gasteiger partial charge in [0.05, 0.1) is 7.11 Å². The zero-order chi connectivity index (χ0) is 15.8. The number of hydrogen-bond donors (Lipinski definition) is 2. The van der Waals surface area contributed by atoms with Gasteiger partial charge < -0.3 is 15.4 Å². The molecule has 2 aromatic rings. The van der Waals surface area contributed by atoms with Gasteiger partial charge >= 0.3 is 6.03 Å². The van der Waals surface area contributed by atoms with Crippen molar-refractivity contribution in [2.45, 2.75) is 6.54 Å². The van der Waals surface area contributed by atoms with Crippen LogP contribution >= 0.6 is 0 Å². The summed E-state index contributed by atoms with van der Waals surface area (Å²) in [5, 5.41) is 5.28. The van der Waals surface area contributed by atoms with E-state index < -0.39 is 0 Å². The number of ether oxygens (including phenoxy) is 1. The third kappa shape index (κ3) is 4.94. The number of halogens is 1. The Morgan fingerprint density at radius 3 is 2.73 bits per heavy atom. The number of carbonyl (C=O) groups excluding carboxylic acids is 1. The molecule has 0 atom stereocenters. The van der Waals surface area contributed by atoms with Crippen molar-refractivity contribution in [3.05, 3.63) is 71.7 Å². The highest BCUT2D eigenvalue weighted by Gasteiger charge is 1.98. The van der Waals surface area contributed by atoms with Crippen molar-refractivity contribution < 1.29 is 13.9 Å². The van der Waals surface area contributed by atoms with Gasteiger partial charge in [-0.05, 0) is 41.5 Å². The number of carbonyl (C=O) groups is 1. The maximum Gasteiger partial charge on any atom is 0.319 e. The summed E-state index contributed by atoms with van der Waals surface area (Å²) in [6.07, 6.45) is 3.31. The van der Waals surface area contributed by atoms with E-state index in [-0.39, 0.29) is 11.8 Å². The number of urea groups is 1. The monoisotopic (exact) mass is 300 g/mol. The molecule has 0 fully saturated rings. The Labute approximate surface area is 128 Å². The van der Waals surface area contributed by atoms with Gasteiger partial charge in [-0.1, -0.05) is 24.3 Å². The first-order chi connectivity index (χ1) is 10.7. The highest BCUT2D eigenvalue weighted by atomic mass is 19.1. The second kappa shape index (κ2) is 7.83. The third-order valence-electron chi connectivity index (χ3n) is 2.95. The zero-order valence-electron chi connectivity index (χ0n) is 12.2. The molecule has 4 nitrogen and oxygen atoms in total. The minimum atomic E-state index is -0.330.